The Kier molecular flexibility index (Phi) is 7.90. The zero-order chi connectivity index (χ0) is 22.3. The number of rotatable bonds is 9. The van der Waals surface area contributed by atoms with Gasteiger partial charge in [0, 0.05) is 13.7 Å². The Morgan fingerprint density at radius 1 is 1.17 bits per heavy atom. The Morgan fingerprint density at radius 3 is 2.50 bits per heavy atom. The third kappa shape index (κ3) is 6.01. The lowest BCUT2D eigenvalue weighted by Gasteiger charge is -2.28. The molecule has 2 aromatic rings. The van der Waals surface area contributed by atoms with Crippen LogP contribution in [0.5, 0.6) is 0 Å². The summed E-state index contributed by atoms with van der Waals surface area (Å²) in [6.07, 6.45) is 0.929. The molecule has 162 valence electrons. The van der Waals surface area contributed by atoms with Crippen molar-refractivity contribution in [2.24, 2.45) is 0 Å². The number of methoxy groups -OCH3 is 1. The standard InChI is InChI=1S/C20H24FN3O5S/c1-14(24(30(3,27)28)16-8-6-7-15(21)13-16)19(25)23-18-10-5-4-9-17(18)20(26)22-11-12-29-2/h4-10,13-14H,11-12H2,1-3H3,(H,22,26)(H,23,25). The summed E-state index contributed by atoms with van der Waals surface area (Å²) in [4.78, 5) is 25.2. The molecule has 0 aromatic heterocycles. The van der Waals surface area contributed by atoms with Gasteiger partial charge in [0.1, 0.15) is 11.9 Å². The molecule has 30 heavy (non-hydrogen) atoms. The fraction of sp³-hybridized carbons (Fsp3) is 0.300. The highest BCUT2D eigenvalue weighted by atomic mass is 32.2. The molecule has 0 saturated carbocycles. The highest BCUT2D eigenvalue weighted by Gasteiger charge is 2.30. The molecule has 2 rings (SSSR count). The van der Waals surface area contributed by atoms with Crippen LogP contribution in [0, 0.1) is 5.82 Å². The van der Waals surface area contributed by atoms with E-state index >= 15 is 0 Å². The van der Waals surface area contributed by atoms with Crippen molar-refractivity contribution < 1.29 is 27.1 Å². The van der Waals surface area contributed by atoms with Crippen molar-refractivity contribution in [2.45, 2.75) is 13.0 Å². The Morgan fingerprint density at radius 2 is 1.87 bits per heavy atom. The topological polar surface area (TPSA) is 105 Å². The number of sulfonamides is 1. The van der Waals surface area contributed by atoms with Gasteiger partial charge in [-0.3, -0.25) is 13.9 Å². The van der Waals surface area contributed by atoms with Crippen LogP contribution in [0.2, 0.25) is 0 Å². The van der Waals surface area contributed by atoms with Gasteiger partial charge in [-0.05, 0) is 37.3 Å². The molecule has 0 spiro atoms. The van der Waals surface area contributed by atoms with E-state index in [1.807, 2.05) is 0 Å². The molecule has 0 aliphatic carbocycles. The summed E-state index contributed by atoms with van der Waals surface area (Å²) < 4.78 is 44.0. The predicted octanol–water partition coefficient (Wildman–Crippen LogP) is 2.00. The number of nitrogens with zero attached hydrogens (tertiary/aromatic N) is 1. The number of carbonyl (C=O) groups is 2. The van der Waals surface area contributed by atoms with Gasteiger partial charge >= 0.3 is 0 Å². The number of ether oxygens (including phenoxy) is 1. The molecule has 2 amide bonds. The Hall–Kier alpha value is -2.98. The molecule has 0 radical (unpaired) electrons. The zero-order valence-corrected chi connectivity index (χ0v) is 17.7. The second kappa shape index (κ2) is 10.2. The van der Waals surface area contributed by atoms with Gasteiger partial charge in [0.25, 0.3) is 5.91 Å². The molecule has 0 bridgehead atoms. The molecule has 2 N–H and O–H groups in total. The highest BCUT2D eigenvalue weighted by molar-refractivity contribution is 7.92. The van der Waals surface area contributed by atoms with Crippen molar-refractivity contribution in [1.82, 2.24) is 5.32 Å². The second-order valence-corrected chi connectivity index (χ2v) is 8.36. The molecule has 0 heterocycles. The SMILES string of the molecule is COCCNC(=O)c1ccccc1NC(=O)C(C)N(c1cccc(F)c1)S(C)(=O)=O. The first kappa shape index (κ1) is 23.3. The van der Waals surface area contributed by atoms with Crippen molar-refractivity contribution in [2.75, 3.05) is 36.1 Å². The molecule has 0 aliphatic heterocycles. The van der Waals surface area contributed by atoms with Crippen molar-refractivity contribution >= 4 is 33.2 Å². The molecule has 2 aromatic carbocycles. The molecule has 8 nitrogen and oxygen atoms in total. The number of amides is 2. The maximum atomic E-state index is 13.6. The smallest absolute Gasteiger partial charge is 0.253 e. The molecule has 0 saturated heterocycles. The summed E-state index contributed by atoms with van der Waals surface area (Å²) in [5.41, 5.74) is 0.452. The fourth-order valence-corrected chi connectivity index (χ4v) is 3.98. The van der Waals surface area contributed by atoms with Crippen LogP contribution in [-0.2, 0) is 19.6 Å². The van der Waals surface area contributed by atoms with Crippen LogP contribution in [0.3, 0.4) is 0 Å². The first-order valence-electron chi connectivity index (χ1n) is 9.07. The number of para-hydroxylation sites is 1. The number of nitrogens with one attached hydrogen (secondary N) is 2. The van der Waals surface area contributed by atoms with Gasteiger partial charge < -0.3 is 15.4 Å². The van der Waals surface area contributed by atoms with Crippen molar-refractivity contribution in [3.63, 3.8) is 0 Å². The summed E-state index contributed by atoms with van der Waals surface area (Å²) >= 11 is 0. The summed E-state index contributed by atoms with van der Waals surface area (Å²) in [6, 6.07) is 10.1. The van der Waals surface area contributed by atoms with Crippen LogP contribution in [0.1, 0.15) is 17.3 Å². The number of carbonyl (C=O) groups excluding carboxylic acids is 2. The summed E-state index contributed by atoms with van der Waals surface area (Å²) in [7, 11) is -2.39. The van der Waals surface area contributed by atoms with Gasteiger partial charge in [-0.15, -0.1) is 0 Å². The molecule has 10 heteroatoms. The molecular weight excluding hydrogens is 413 g/mol. The van der Waals surface area contributed by atoms with Crippen LogP contribution in [0.25, 0.3) is 0 Å². The van der Waals surface area contributed by atoms with E-state index < -0.39 is 33.7 Å². The van der Waals surface area contributed by atoms with E-state index in [-0.39, 0.29) is 23.5 Å². The van der Waals surface area contributed by atoms with E-state index in [0.717, 1.165) is 16.6 Å². The maximum absolute atomic E-state index is 13.6. The third-order valence-corrected chi connectivity index (χ3v) is 5.41. The predicted molar refractivity (Wildman–Crippen MR) is 112 cm³/mol. The van der Waals surface area contributed by atoms with Gasteiger partial charge in [0.2, 0.25) is 15.9 Å². The van der Waals surface area contributed by atoms with E-state index in [1.54, 1.807) is 12.1 Å². The Labute approximate surface area is 175 Å². The Bertz CT molecular complexity index is 1010. The minimum absolute atomic E-state index is 0.0192. The van der Waals surface area contributed by atoms with Gasteiger partial charge in [0.15, 0.2) is 0 Å². The van der Waals surface area contributed by atoms with E-state index in [9.17, 15) is 22.4 Å². The van der Waals surface area contributed by atoms with Gasteiger partial charge in [0.05, 0.1) is 29.8 Å². The van der Waals surface area contributed by atoms with Crippen LogP contribution in [0.15, 0.2) is 48.5 Å². The first-order chi connectivity index (χ1) is 14.1. The van der Waals surface area contributed by atoms with E-state index in [0.29, 0.717) is 6.61 Å². The monoisotopic (exact) mass is 437 g/mol. The first-order valence-corrected chi connectivity index (χ1v) is 10.9. The lowest BCUT2D eigenvalue weighted by Crippen LogP contribution is -2.45. The number of hydrogen-bond acceptors (Lipinski definition) is 5. The van der Waals surface area contributed by atoms with Crippen LogP contribution in [0.4, 0.5) is 15.8 Å². The average Bonchev–Trinajstić information content (AvgIpc) is 2.67. The van der Waals surface area contributed by atoms with Crippen molar-refractivity contribution in [1.29, 1.82) is 0 Å². The zero-order valence-electron chi connectivity index (χ0n) is 16.9. The number of halogens is 1. The Balaban J connectivity index is 2.27. The molecule has 1 atom stereocenters. The molecule has 0 fully saturated rings. The van der Waals surface area contributed by atoms with E-state index in [2.05, 4.69) is 10.6 Å². The quantitative estimate of drug-likeness (QED) is 0.584. The molecule has 0 aliphatic rings. The number of anilines is 2. The third-order valence-electron chi connectivity index (χ3n) is 4.17. The fourth-order valence-electron chi connectivity index (χ4n) is 2.81. The average molecular weight is 437 g/mol. The van der Waals surface area contributed by atoms with E-state index in [1.165, 1.54) is 44.4 Å². The summed E-state index contributed by atoms with van der Waals surface area (Å²) in [5, 5.41) is 5.25. The molecular formula is C20H24FN3O5S. The van der Waals surface area contributed by atoms with Crippen LogP contribution in [-0.4, -0.2) is 52.8 Å². The normalized spacial score (nSPS) is 12.1. The lowest BCUT2D eigenvalue weighted by atomic mass is 10.1. The maximum Gasteiger partial charge on any atom is 0.253 e. The van der Waals surface area contributed by atoms with E-state index in [4.69, 9.17) is 4.74 Å². The number of benzene rings is 2. The summed E-state index contributed by atoms with van der Waals surface area (Å²) in [6.45, 7) is 1.99. The summed E-state index contributed by atoms with van der Waals surface area (Å²) in [5.74, 6) is -1.73. The van der Waals surface area contributed by atoms with Crippen molar-refractivity contribution in [3.05, 3.63) is 59.9 Å². The largest absolute Gasteiger partial charge is 0.383 e. The van der Waals surface area contributed by atoms with Crippen LogP contribution < -0.4 is 14.9 Å². The lowest BCUT2D eigenvalue weighted by molar-refractivity contribution is -0.116. The molecule has 1 unspecified atom stereocenters. The number of hydrogen-bond donors (Lipinski definition) is 2. The minimum atomic E-state index is -3.90. The van der Waals surface area contributed by atoms with Gasteiger partial charge in [-0.25, -0.2) is 12.8 Å². The van der Waals surface area contributed by atoms with Gasteiger partial charge in [-0.2, -0.15) is 0 Å². The highest BCUT2D eigenvalue weighted by Crippen LogP contribution is 2.23. The second-order valence-electron chi connectivity index (χ2n) is 6.50. The minimum Gasteiger partial charge on any atom is -0.383 e. The van der Waals surface area contributed by atoms with Crippen molar-refractivity contribution in [3.8, 4) is 0 Å². The van der Waals surface area contributed by atoms with Crippen LogP contribution >= 0.6 is 0 Å². The van der Waals surface area contributed by atoms with Gasteiger partial charge in [-0.1, -0.05) is 18.2 Å².